The lowest BCUT2D eigenvalue weighted by molar-refractivity contribution is -0.140. The van der Waals surface area contributed by atoms with E-state index in [9.17, 15) is 14.4 Å². The molecule has 2 rings (SSSR count). The van der Waals surface area contributed by atoms with Gasteiger partial charge in [-0.05, 0) is 44.5 Å². The molecule has 0 saturated carbocycles. The lowest BCUT2D eigenvalue weighted by Crippen LogP contribution is -2.43. The van der Waals surface area contributed by atoms with E-state index in [0.29, 0.717) is 11.3 Å². The second kappa shape index (κ2) is 8.85. The molecule has 1 atom stereocenters. The first-order chi connectivity index (χ1) is 13.1. The number of aliphatic carboxylic acids is 1. The van der Waals surface area contributed by atoms with Gasteiger partial charge in [-0.15, -0.1) is 11.3 Å². The number of anilines is 1. The fraction of sp³-hybridized carbons (Fsp3) is 0.316. The Morgan fingerprint density at radius 1 is 1.18 bits per heavy atom. The van der Waals surface area contributed by atoms with Gasteiger partial charge in [0.15, 0.2) is 6.04 Å². The minimum absolute atomic E-state index is 0.302. The lowest BCUT2D eigenvalue weighted by Gasteiger charge is -2.19. The smallest absolute Gasteiger partial charge is 0.412 e. The zero-order chi connectivity index (χ0) is 20.9. The summed E-state index contributed by atoms with van der Waals surface area (Å²) in [7, 11) is 0. The summed E-state index contributed by atoms with van der Waals surface area (Å²) in [6.45, 7) is 4.64. The van der Waals surface area contributed by atoms with Crippen LogP contribution in [0.25, 0.3) is 10.4 Å². The maximum absolute atomic E-state index is 12.1. The van der Waals surface area contributed by atoms with Crippen molar-refractivity contribution in [3.8, 4) is 10.4 Å². The molecule has 1 aromatic heterocycles. The van der Waals surface area contributed by atoms with Crippen molar-refractivity contribution in [1.82, 2.24) is 5.32 Å². The minimum Gasteiger partial charge on any atom is -0.480 e. The highest BCUT2D eigenvalue weighted by Gasteiger charge is 2.20. The molecule has 1 aromatic carbocycles. The molecular weight excluding hydrogens is 384 g/mol. The van der Waals surface area contributed by atoms with Crippen molar-refractivity contribution in [2.24, 2.45) is 0 Å². The van der Waals surface area contributed by atoms with Gasteiger partial charge in [0.05, 0.1) is 12.2 Å². The molecular formula is C19H22N2O6S. The number of thiophene rings is 1. The summed E-state index contributed by atoms with van der Waals surface area (Å²) >= 11 is 1.32. The summed E-state index contributed by atoms with van der Waals surface area (Å²) in [6, 6.07) is 7.28. The average molecular weight is 406 g/mol. The maximum atomic E-state index is 12.1. The van der Waals surface area contributed by atoms with Crippen LogP contribution >= 0.6 is 11.3 Å². The number of benzene rings is 1. The molecule has 28 heavy (non-hydrogen) atoms. The van der Waals surface area contributed by atoms with Gasteiger partial charge in [-0.25, -0.2) is 9.59 Å². The maximum Gasteiger partial charge on any atom is 0.412 e. The predicted molar refractivity (Wildman–Crippen MR) is 106 cm³/mol. The number of hydrogen-bond donors (Lipinski definition) is 4. The SMILES string of the molecule is CC(C)(C)OC(=O)Nc1ccc(-c2cc(C(=O)NC(CO)C(=O)O)cs2)cc1. The molecule has 0 aliphatic heterocycles. The number of hydrogen-bond acceptors (Lipinski definition) is 6. The van der Waals surface area contributed by atoms with Crippen LogP contribution in [0.15, 0.2) is 35.7 Å². The van der Waals surface area contributed by atoms with Crippen LogP contribution in [0.2, 0.25) is 0 Å². The van der Waals surface area contributed by atoms with Crippen LogP contribution in [0.4, 0.5) is 10.5 Å². The van der Waals surface area contributed by atoms with Crippen molar-refractivity contribution in [2.45, 2.75) is 32.4 Å². The van der Waals surface area contributed by atoms with Gasteiger partial charge in [-0.3, -0.25) is 10.1 Å². The number of rotatable bonds is 6. The van der Waals surface area contributed by atoms with Gasteiger partial charge in [0.2, 0.25) is 0 Å². The fourth-order valence-electron chi connectivity index (χ4n) is 2.17. The van der Waals surface area contributed by atoms with Gasteiger partial charge in [0.25, 0.3) is 5.91 Å². The first kappa shape index (κ1) is 21.4. The second-order valence-corrected chi connectivity index (χ2v) is 7.86. The third-order valence-corrected chi connectivity index (χ3v) is 4.44. The van der Waals surface area contributed by atoms with Crippen molar-refractivity contribution < 1.29 is 29.3 Å². The van der Waals surface area contributed by atoms with E-state index in [1.807, 2.05) is 0 Å². The van der Waals surface area contributed by atoms with Gasteiger partial charge >= 0.3 is 12.1 Å². The highest BCUT2D eigenvalue weighted by Crippen LogP contribution is 2.28. The molecule has 0 bridgehead atoms. The van der Waals surface area contributed by atoms with E-state index in [2.05, 4.69) is 10.6 Å². The van der Waals surface area contributed by atoms with Crippen LogP contribution in [0.5, 0.6) is 0 Å². The Morgan fingerprint density at radius 2 is 1.82 bits per heavy atom. The Kier molecular flexibility index (Phi) is 6.76. The largest absolute Gasteiger partial charge is 0.480 e. The number of aliphatic hydroxyl groups is 1. The van der Waals surface area contributed by atoms with Gasteiger partial charge in [-0.2, -0.15) is 0 Å². The second-order valence-electron chi connectivity index (χ2n) is 6.95. The first-order valence-corrected chi connectivity index (χ1v) is 9.30. The Bertz CT molecular complexity index is 854. The van der Waals surface area contributed by atoms with E-state index in [1.54, 1.807) is 56.5 Å². The molecule has 1 unspecified atom stereocenters. The molecule has 0 saturated heterocycles. The van der Waals surface area contributed by atoms with E-state index in [4.69, 9.17) is 14.9 Å². The summed E-state index contributed by atoms with van der Waals surface area (Å²) in [6.07, 6.45) is -0.549. The van der Waals surface area contributed by atoms with Crippen molar-refractivity contribution >= 4 is 35.0 Å². The molecule has 0 aliphatic rings. The average Bonchev–Trinajstić information content (AvgIpc) is 3.08. The summed E-state index contributed by atoms with van der Waals surface area (Å²) in [5.41, 5.74) is 1.11. The zero-order valence-electron chi connectivity index (χ0n) is 15.7. The van der Waals surface area contributed by atoms with Crippen LogP contribution in [0.1, 0.15) is 31.1 Å². The van der Waals surface area contributed by atoms with Crippen molar-refractivity contribution in [3.63, 3.8) is 0 Å². The minimum atomic E-state index is -1.35. The molecule has 0 fully saturated rings. The number of carboxylic acid groups (broad SMARTS) is 1. The van der Waals surface area contributed by atoms with Crippen molar-refractivity contribution in [1.29, 1.82) is 0 Å². The van der Waals surface area contributed by atoms with Crippen molar-refractivity contribution in [3.05, 3.63) is 41.3 Å². The Hall–Kier alpha value is -2.91. The van der Waals surface area contributed by atoms with Gasteiger partial charge in [-0.1, -0.05) is 12.1 Å². The Balaban J connectivity index is 2.04. The molecule has 0 aliphatic carbocycles. The Labute approximate surface area is 166 Å². The van der Waals surface area contributed by atoms with E-state index >= 15 is 0 Å². The van der Waals surface area contributed by atoms with E-state index in [0.717, 1.165) is 10.4 Å². The molecule has 0 radical (unpaired) electrons. The Morgan fingerprint density at radius 3 is 2.36 bits per heavy atom. The van der Waals surface area contributed by atoms with Crippen LogP contribution < -0.4 is 10.6 Å². The normalized spacial score (nSPS) is 12.1. The molecule has 4 N–H and O–H groups in total. The molecule has 1 heterocycles. The molecule has 150 valence electrons. The number of aliphatic hydroxyl groups excluding tert-OH is 1. The van der Waals surface area contributed by atoms with Gasteiger partial charge < -0.3 is 20.3 Å². The number of ether oxygens (including phenoxy) is 1. The highest BCUT2D eigenvalue weighted by molar-refractivity contribution is 7.13. The standard InChI is InChI=1S/C19H22N2O6S/c1-19(2,3)27-18(26)20-13-6-4-11(5-7-13)15-8-12(10-28-15)16(23)21-14(9-22)17(24)25/h4-8,10,14,22H,9H2,1-3H3,(H,20,26)(H,21,23)(H,24,25). The molecule has 0 spiro atoms. The van der Waals surface area contributed by atoms with E-state index in [-0.39, 0.29) is 0 Å². The summed E-state index contributed by atoms with van der Waals surface area (Å²) in [5.74, 6) is -1.88. The monoisotopic (exact) mass is 406 g/mol. The van der Waals surface area contributed by atoms with E-state index < -0.39 is 36.2 Å². The van der Waals surface area contributed by atoms with Crippen LogP contribution in [0.3, 0.4) is 0 Å². The highest BCUT2D eigenvalue weighted by atomic mass is 32.1. The molecule has 9 heteroatoms. The predicted octanol–water partition coefficient (Wildman–Crippen LogP) is 2.94. The zero-order valence-corrected chi connectivity index (χ0v) is 16.5. The summed E-state index contributed by atoms with van der Waals surface area (Å²) in [4.78, 5) is 35.6. The third kappa shape index (κ3) is 6.07. The number of nitrogens with one attached hydrogen (secondary N) is 2. The number of carboxylic acids is 1. The third-order valence-electron chi connectivity index (χ3n) is 3.46. The first-order valence-electron chi connectivity index (χ1n) is 8.42. The summed E-state index contributed by atoms with van der Waals surface area (Å²) in [5, 5.41) is 24.4. The molecule has 2 aromatic rings. The van der Waals surface area contributed by atoms with E-state index in [1.165, 1.54) is 11.3 Å². The molecule has 2 amide bonds. The molecule has 8 nitrogen and oxygen atoms in total. The quantitative estimate of drug-likeness (QED) is 0.585. The van der Waals surface area contributed by atoms with Gasteiger partial charge in [0.1, 0.15) is 5.60 Å². The van der Waals surface area contributed by atoms with Crippen LogP contribution in [0, 0.1) is 0 Å². The topological polar surface area (TPSA) is 125 Å². The van der Waals surface area contributed by atoms with Crippen LogP contribution in [-0.2, 0) is 9.53 Å². The number of amides is 2. The van der Waals surface area contributed by atoms with Crippen molar-refractivity contribution in [2.75, 3.05) is 11.9 Å². The number of carbonyl (C=O) groups excluding carboxylic acids is 2. The summed E-state index contributed by atoms with van der Waals surface area (Å²) < 4.78 is 5.19. The lowest BCUT2D eigenvalue weighted by atomic mass is 10.1. The number of carbonyl (C=O) groups is 3. The fourth-order valence-corrected chi connectivity index (χ4v) is 3.07. The van der Waals surface area contributed by atoms with Gasteiger partial charge in [0, 0.05) is 15.9 Å². The van der Waals surface area contributed by atoms with Crippen LogP contribution in [-0.4, -0.2) is 46.4 Å².